The molecule has 0 aliphatic heterocycles. The van der Waals surface area contributed by atoms with Crippen molar-refractivity contribution < 1.29 is 14.3 Å². The Hall–Kier alpha value is -1.89. The van der Waals surface area contributed by atoms with Gasteiger partial charge in [-0.25, -0.2) is 4.79 Å². The van der Waals surface area contributed by atoms with E-state index in [1.807, 2.05) is 0 Å². The number of ether oxygens (including phenoxy) is 1. The average molecular weight is 240 g/mol. The third kappa shape index (κ3) is 3.28. The van der Waals surface area contributed by atoms with Crippen molar-refractivity contribution in [3.63, 3.8) is 0 Å². The highest BCUT2D eigenvalue weighted by Crippen LogP contribution is 2.15. The smallest absolute Gasteiger partial charge is 0.343 e. The molecule has 1 aromatic rings. The molecule has 0 spiro atoms. The first-order chi connectivity index (χ1) is 8.10. The summed E-state index contributed by atoms with van der Waals surface area (Å²) in [6.45, 7) is 2.15. The number of nitrogens with zero attached hydrogens (tertiary/aromatic N) is 2. The number of carbonyl (C=O) groups is 2. The summed E-state index contributed by atoms with van der Waals surface area (Å²) in [5.74, 6) is -0.411. The van der Waals surface area contributed by atoms with Gasteiger partial charge in [-0.1, -0.05) is 0 Å². The van der Waals surface area contributed by atoms with Crippen molar-refractivity contribution in [2.24, 2.45) is 7.05 Å². The van der Waals surface area contributed by atoms with E-state index in [4.69, 9.17) is 4.74 Å². The first kappa shape index (κ1) is 13.2. The Balaban J connectivity index is 2.86. The van der Waals surface area contributed by atoms with E-state index in [1.54, 1.807) is 21.0 Å². The van der Waals surface area contributed by atoms with Crippen LogP contribution in [0.4, 0.5) is 5.82 Å². The van der Waals surface area contributed by atoms with Crippen molar-refractivity contribution in [1.82, 2.24) is 15.1 Å². The molecule has 7 heteroatoms. The molecule has 0 aromatic carbocycles. The molecule has 0 aliphatic rings. The first-order valence-electron chi connectivity index (χ1n) is 5.23. The zero-order valence-corrected chi connectivity index (χ0v) is 10.1. The number of anilines is 1. The Morgan fingerprint density at radius 1 is 1.53 bits per heavy atom. The van der Waals surface area contributed by atoms with Crippen LogP contribution in [0.25, 0.3) is 0 Å². The van der Waals surface area contributed by atoms with E-state index in [0.717, 1.165) is 0 Å². The van der Waals surface area contributed by atoms with Gasteiger partial charge in [0, 0.05) is 7.05 Å². The molecule has 2 N–H and O–H groups in total. The summed E-state index contributed by atoms with van der Waals surface area (Å²) in [6, 6.07) is 0. The minimum Gasteiger partial charge on any atom is -0.462 e. The van der Waals surface area contributed by atoms with Crippen LogP contribution in [-0.2, 0) is 16.6 Å². The highest BCUT2D eigenvalue weighted by molar-refractivity contribution is 6.00. The Kier molecular flexibility index (Phi) is 4.65. The second kappa shape index (κ2) is 6.00. The third-order valence-electron chi connectivity index (χ3n) is 2.03. The third-order valence-corrected chi connectivity index (χ3v) is 2.03. The van der Waals surface area contributed by atoms with Crippen molar-refractivity contribution >= 4 is 17.7 Å². The number of carbonyl (C=O) groups excluding carboxylic acids is 2. The Morgan fingerprint density at radius 3 is 2.82 bits per heavy atom. The molecule has 0 fully saturated rings. The topological polar surface area (TPSA) is 85.2 Å². The molecule has 1 rings (SSSR count). The number of hydrogen-bond donors (Lipinski definition) is 2. The summed E-state index contributed by atoms with van der Waals surface area (Å²) in [5, 5.41) is 9.23. The quantitative estimate of drug-likeness (QED) is 0.693. The highest BCUT2D eigenvalue weighted by atomic mass is 16.5. The molecule has 0 saturated carbocycles. The van der Waals surface area contributed by atoms with Gasteiger partial charge in [0.25, 0.3) is 0 Å². The number of amides is 1. The summed E-state index contributed by atoms with van der Waals surface area (Å²) >= 11 is 0. The molecule has 94 valence electrons. The molecular weight excluding hydrogens is 224 g/mol. The first-order valence-corrected chi connectivity index (χ1v) is 5.23. The fourth-order valence-corrected chi connectivity index (χ4v) is 1.28. The maximum absolute atomic E-state index is 11.6. The fraction of sp³-hybridized carbons (Fsp3) is 0.500. The van der Waals surface area contributed by atoms with Crippen LogP contribution in [0.15, 0.2) is 6.20 Å². The molecule has 0 bridgehead atoms. The minimum atomic E-state index is -0.500. The van der Waals surface area contributed by atoms with E-state index >= 15 is 0 Å². The number of hydrogen-bond acceptors (Lipinski definition) is 5. The molecule has 17 heavy (non-hydrogen) atoms. The van der Waals surface area contributed by atoms with Crippen molar-refractivity contribution in [3.05, 3.63) is 11.8 Å². The van der Waals surface area contributed by atoms with Crippen LogP contribution < -0.4 is 10.6 Å². The standard InChI is InChI=1S/C10H16N4O3/c1-4-17-10(16)7-5-12-14(3)9(7)13-8(15)6-11-2/h5,11H,4,6H2,1-3H3,(H,13,15). The predicted octanol–water partition coefficient (Wildman–Crippen LogP) is -0.245. The van der Waals surface area contributed by atoms with Crippen LogP contribution in [0.5, 0.6) is 0 Å². The normalized spacial score (nSPS) is 10.1. The van der Waals surface area contributed by atoms with Gasteiger partial charge in [-0.15, -0.1) is 0 Å². The van der Waals surface area contributed by atoms with Crippen LogP contribution in [0.3, 0.4) is 0 Å². The number of rotatable bonds is 5. The van der Waals surface area contributed by atoms with Crippen LogP contribution in [0.2, 0.25) is 0 Å². The molecule has 7 nitrogen and oxygen atoms in total. The SMILES string of the molecule is CCOC(=O)c1cnn(C)c1NC(=O)CNC. The Bertz CT molecular complexity index is 414. The molecule has 0 atom stereocenters. The van der Waals surface area contributed by atoms with Crippen molar-refractivity contribution in [1.29, 1.82) is 0 Å². The lowest BCUT2D eigenvalue weighted by Gasteiger charge is -2.07. The molecule has 1 aromatic heterocycles. The maximum atomic E-state index is 11.6. The van der Waals surface area contributed by atoms with Gasteiger partial charge in [-0.05, 0) is 14.0 Å². The molecule has 1 amide bonds. The summed E-state index contributed by atoms with van der Waals surface area (Å²) in [6.07, 6.45) is 1.37. The van der Waals surface area contributed by atoms with E-state index in [1.165, 1.54) is 10.9 Å². The van der Waals surface area contributed by atoms with Gasteiger partial charge < -0.3 is 15.4 Å². The van der Waals surface area contributed by atoms with Gasteiger partial charge in [0.05, 0.1) is 19.3 Å². The molecular formula is C10H16N4O3. The number of likely N-dealkylation sites (N-methyl/N-ethyl adjacent to an activating group) is 1. The van der Waals surface area contributed by atoms with E-state index < -0.39 is 5.97 Å². The lowest BCUT2D eigenvalue weighted by atomic mass is 10.3. The number of esters is 1. The van der Waals surface area contributed by atoms with Crippen molar-refractivity contribution in [2.75, 3.05) is 25.5 Å². The number of aryl methyl sites for hydroxylation is 1. The van der Waals surface area contributed by atoms with Crippen molar-refractivity contribution in [3.8, 4) is 0 Å². The lowest BCUT2D eigenvalue weighted by Crippen LogP contribution is -2.27. The lowest BCUT2D eigenvalue weighted by molar-refractivity contribution is -0.115. The Labute approximate surface area is 99.1 Å². The van der Waals surface area contributed by atoms with E-state index in [-0.39, 0.29) is 24.6 Å². The zero-order chi connectivity index (χ0) is 12.8. The summed E-state index contributed by atoms with van der Waals surface area (Å²) < 4.78 is 6.28. The van der Waals surface area contributed by atoms with Gasteiger partial charge in [0.2, 0.25) is 5.91 Å². The zero-order valence-electron chi connectivity index (χ0n) is 10.1. The summed E-state index contributed by atoms with van der Waals surface area (Å²) in [7, 11) is 3.30. The summed E-state index contributed by atoms with van der Waals surface area (Å²) in [5.41, 5.74) is 0.249. The van der Waals surface area contributed by atoms with Crippen LogP contribution in [0.1, 0.15) is 17.3 Å². The van der Waals surface area contributed by atoms with E-state index in [9.17, 15) is 9.59 Å². The molecule has 0 saturated heterocycles. The highest BCUT2D eigenvalue weighted by Gasteiger charge is 2.18. The molecule has 0 radical (unpaired) electrons. The predicted molar refractivity (Wildman–Crippen MR) is 61.7 cm³/mol. The fourth-order valence-electron chi connectivity index (χ4n) is 1.28. The number of aromatic nitrogens is 2. The maximum Gasteiger partial charge on any atom is 0.343 e. The minimum absolute atomic E-state index is 0.160. The largest absolute Gasteiger partial charge is 0.462 e. The second-order valence-electron chi connectivity index (χ2n) is 3.33. The molecule has 1 heterocycles. The monoisotopic (exact) mass is 240 g/mol. The second-order valence-corrected chi connectivity index (χ2v) is 3.33. The van der Waals surface area contributed by atoms with Crippen LogP contribution in [0, 0.1) is 0 Å². The van der Waals surface area contributed by atoms with E-state index in [0.29, 0.717) is 5.82 Å². The van der Waals surface area contributed by atoms with Gasteiger partial charge in [0.1, 0.15) is 11.4 Å². The van der Waals surface area contributed by atoms with Crippen LogP contribution >= 0.6 is 0 Å². The number of nitrogens with one attached hydrogen (secondary N) is 2. The Morgan fingerprint density at radius 2 is 2.24 bits per heavy atom. The van der Waals surface area contributed by atoms with Gasteiger partial charge in [-0.3, -0.25) is 9.48 Å². The van der Waals surface area contributed by atoms with Gasteiger partial charge in [0.15, 0.2) is 0 Å². The van der Waals surface area contributed by atoms with E-state index in [2.05, 4.69) is 15.7 Å². The van der Waals surface area contributed by atoms with Crippen molar-refractivity contribution in [2.45, 2.75) is 6.92 Å². The van der Waals surface area contributed by atoms with Gasteiger partial charge in [-0.2, -0.15) is 5.10 Å². The average Bonchev–Trinajstić information content (AvgIpc) is 2.61. The molecule has 0 aliphatic carbocycles. The van der Waals surface area contributed by atoms with Gasteiger partial charge >= 0.3 is 5.97 Å². The molecule has 0 unspecified atom stereocenters. The van der Waals surface area contributed by atoms with Crippen LogP contribution in [-0.4, -0.2) is 41.9 Å². The summed E-state index contributed by atoms with van der Waals surface area (Å²) in [4.78, 5) is 23.0.